The number of aldehydes is 1. The lowest BCUT2D eigenvalue weighted by Gasteiger charge is -2.78. The number of hydrogen-bond acceptors (Lipinski definition) is 10. The zero-order valence-corrected chi connectivity index (χ0v) is 53.5. The van der Waals surface area contributed by atoms with Crippen LogP contribution in [0.15, 0.2) is 96.6 Å². The van der Waals surface area contributed by atoms with Crippen LogP contribution in [-0.2, 0) is 44.9 Å². The van der Waals surface area contributed by atoms with Gasteiger partial charge in [0.05, 0.1) is 35.9 Å². The van der Waals surface area contributed by atoms with Crippen molar-refractivity contribution in [2.75, 3.05) is 7.05 Å². The molecule has 0 amide bonds. The quantitative estimate of drug-likeness (QED) is 0.0641. The molecule has 3 aromatic rings. The van der Waals surface area contributed by atoms with E-state index in [4.69, 9.17) is 9.47 Å². The van der Waals surface area contributed by atoms with Crippen LogP contribution in [0.3, 0.4) is 0 Å². The predicted molar refractivity (Wildman–Crippen MR) is 344 cm³/mol. The van der Waals surface area contributed by atoms with E-state index in [0.717, 1.165) is 119 Å². The molecule has 0 unspecified atom stereocenters. The topological polar surface area (TPSA) is 166 Å². The molecule has 4 spiro atoms. The zero-order chi connectivity index (χ0) is 61.4. The van der Waals surface area contributed by atoms with Crippen molar-refractivity contribution in [1.82, 2.24) is 5.32 Å². The smallest absolute Gasteiger partial charge is 0.331 e. The number of carbonyl (C=O) groups is 2. The third kappa shape index (κ3) is 7.33. The van der Waals surface area contributed by atoms with E-state index in [1.165, 1.54) is 29.4 Å². The largest absolute Gasteiger partial charge is 0.454 e. The Labute approximate surface area is 538 Å². The molecule has 18 bridgehead atoms. The van der Waals surface area contributed by atoms with E-state index in [-0.39, 0.29) is 84.1 Å². The Morgan fingerprint density at radius 1 is 0.736 bits per heavy atom. The highest BCUT2D eigenvalue weighted by atomic mass is 16.5. The summed E-state index contributed by atoms with van der Waals surface area (Å²) in [6.07, 6.45) is 25.7. The Morgan fingerprint density at radius 3 is 2.37 bits per heavy atom. The Kier molecular flexibility index (Phi) is 12.8. The monoisotopic (exact) mass is 1230 g/mol. The van der Waals surface area contributed by atoms with E-state index in [1.54, 1.807) is 6.08 Å². The first-order valence-corrected chi connectivity index (χ1v) is 36.8. The second-order valence-electron chi connectivity index (χ2n) is 34.4. The Balaban J connectivity index is 0.838. The first-order chi connectivity index (χ1) is 44.2. The average molecular weight is 1230 g/mol. The summed E-state index contributed by atoms with van der Waals surface area (Å²) >= 11 is 0. The van der Waals surface area contributed by atoms with Gasteiger partial charge >= 0.3 is 5.97 Å². The molecule has 1 saturated heterocycles. The van der Waals surface area contributed by atoms with Crippen molar-refractivity contribution in [3.05, 3.63) is 130 Å². The van der Waals surface area contributed by atoms with Gasteiger partial charge in [0, 0.05) is 57.6 Å². The minimum absolute atomic E-state index is 0.0696. The molecular formula is C81H97NO9. The minimum atomic E-state index is -2.24. The third-order valence-corrected chi connectivity index (χ3v) is 32.1. The fraction of sp³-hybridized carbons (Fsp3) is 0.679. The molecule has 11 saturated carbocycles. The summed E-state index contributed by atoms with van der Waals surface area (Å²) in [5.41, 5.74) is -2.07. The van der Waals surface area contributed by atoms with Crippen LogP contribution in [0.2, 0.25) is 0 Å². The Bertz CT molecular complexity index is 3620. The van der Waals surface area contributed by atoms with Crippen LogP contribution in [0.4, 0.5) is 0 Å². The van der Waals surface area contributed by atoms with Crippen LogP contribution in [0.25, 0.3) is 0 Å². The molecule has 14 aliphatic carbocycles. The molecule has 27 atom stereocenters. The fourth-order valence-electron chi connectivity index (χ4n) is 29.3. The van der Waals surface area contributed by atoms with Crippen molar-refractivity contribution in [2.24, 2.45) is 110 Å². The summed E-state index contributed by atoms with van der Waals surface area (Å²) in [4.78, 5) is 30.7. The number of aliphatic hydroxyl groups excluding tert-OH is 2. The van der Waals surface area contributed by atoms with Crippen molar-refractivity contribution < 1.29 is 44.6 Å². The first kappa shape index (κ1) is 58.0. The van der Waals surface area contributed by atoms with Crippen molar-refractivity contribution in [1.29, 1.82) is 0 Å². The van der Waals surface area contributed by atoms with Crippen LogP contribution in [0, 0.1) is 122 Å². The molecule has 0 aromatic heterocycles. The molecule has 480 valence electrons. The Hall–Kier alpha value is -4.44. The van der Waals surface area contributed by atoms with Gasteiger partial charge in [-0.15, -0.1) is 0 Å². The number of nitrogens with one attached hydrogen (secondary N) is 1. The van der Waals surface area contributed by atoms with Crippen molar-refractivity contribution in [3.63, 3.8) is 0 Å². The van der Waals surface area contributed by atoms with Crippen LogP contribution < -0.4 is 5.32 Å². The van der Waals surface area contributed by atoms with E-state index < -0.39 is 68.4 Å². The van der Waals surface area contributed by atoms with E-state index in [0.29, 0.717) is 81.0 Å². The van der Waals surface area contributed by atoms with Crippen LogP contribution >= 0.6 is 0 Å². The minimum Gasteiger partial charge on any atom is -0.454 e. The maximum Gasteiger partial charge on any atom is 0.331 e. The van der Waals surface area contributed by atoms with E-state index in [9.17, 15) is 15.0 Å². The maximum atomic E-state index is 16.4. The number of esters is 1. The second kappa shape index (κ2) is 20.1. The molecule has 20 rings (SSSR count). The number of allylic oxidation sites excluding steroid dienone is 2. The van der Waals surface area contributed by atoms with E-state index in [2.05, 4.69) is 90.0 Å². The van der Waals surface area contributed by atoms with Crippen LogP contribution in [-0.4, -0.2) is 92.1 Å². The maximum absolute atomic E-state index is 16.4. The van der Waals surface area contributed by atoms with Gasteiger partial charge in [0.1, 0.15) is 23.6 Å². The van der Waals surface area contributed by atoms with Gasteiger partial charge in [-0.25, -0.2) is 4.79 Å². The second-order valence-corrected chi connectivity index (χ2v) is 34.4. The third-order valence-electron chi connectivity index (χ3n) is 32.1. The van der Waals surface area contributed by atoms with Gasteiger partial charge in [0.25, 0.3) is 0 Å². The molecule has 17 aliphatic rings. The lowest BCUT2D eigenvalue weighted by Crippen LogP contribution is -2.88. The van der Waals surface area contributed by atoms with E-state index >= 15 is 20.1 Å². The number of benzene rings is 3. The molecule has 3 aliphatic heterocycles. The fourth-order valence-corrected chi connectivity index (χ4v) is 29.3. The molecule has 10 heteroatoms. The molecule has 10 nitrogen and oxygen atoms in total. The summed E-state index contributed by atoms with van der Waals surface area (Å²) in [7, 11) is 1.98. The molecule has 91 heavy (non-hydrogen) atoms. The molecule has 3 heterocycles. The van der Waals surface area contributed by atoms with Gasteiger partial charge in [0.15, 0.2) is 0 Å². The summed E-state index contributed by atoms with van der Waals surface area (Å²) in [5, 5.41) is 76.7. The van der Waals surface area contributed by atoms with Gasteiger partial charge in [-0.2, -0.15) is 0 Å². The van der Waals surface area contributed by atoms with Gasteiger partial charge in [-0.3, -0.25) is 0 Å². The van der Waals surface area contributed by atoms with E-state index in [1.807, 2.05) is 19.2 Å². The standard InChI is InChI=1S/C81H97NO9/c1-82-66-39-59-50(14-8-16-54(59)42-83)20-26-74(24-5-6-25-74)43-76-29-23-68-77(45-84)44-78-63-37-56-34-51(49-12-3-2-4-13-49)21-27-75(56,78)28-22-58(63)67-33-47-11-7-10-46(30-47)31-48-18-19-53(32-48)57-17-9-15-52-36-65(73(78)90-67)80(77,88)64(38-60(52)57)72(86)81(68,89)79(76,87)41-55-35-61(66)71-62(70(55)76)40-69(85)91-71/h2-4,7-16,30,40,45,48,51-53,55-58,60-61,63-68,70-73,82-83,86-89H,5-6,17-19,21-25,27-29,31-39,41-44H2,1H3/t48-,51+,52-,53-,55+,56+,57-,58-,60+,61+,63+,64+,65-,66-,67-,68-,70-,71+,72-,73-,75+,76+,77+,78+,79-,80+,81-/m1/s1. The summed E-state index contributed by atoms with van der Waals surface area (Å²) in [6, 6.07) is 26.6. The number of likely N-dealkylation sites (N-methyl/N-ethyl adjacent to an activating group) is 1. The lowest BCUT2D eigenvalue weighted by molar-refractivity contribution is -0.405. The van der Waals surface area contributed by atoms with Gasteiger partial charge < -0.3 is 45.1 Å². The van der Waals surface area contributed by atoms with Crippen molar-refractivity contribution in [3.8, 4) is 11.8 Å². The highest BCUT2D eigenvalue weighted by molar-refractivity contribution is 5.86. The highest BCUT2D eigenvalue weighted by Gasteiger charge is 2.90. The molecule has 3 aromatic carbocycles. The lowest BCUT2D eigenvalue weighted by atomic mass is 9.29. The van der Waals surface area contributed by atoms with Crippen LogP contribution in [0.5, 0.6) is 0 Å². The van der Waals surface area contributed by atoms with Crippen molar-refractivity contribution >= 4 is 12.3 Å². The average Bonchev–Trinajstić information content (AvgIpc) is 1.54. The Morgan fingerprint density at radius 2 is 1.55 bits per heavy atom. The summed E-state index contributed by atoms with van der Waals surface area (Å²) < 4.78 is 14.9. The predicted octanol–water partition coefficient (Wildman–Crippen LogP) is 11.5. The number of hydrogen-bond donors (Lipinski definition) is 6. The van der Waals surface area contributed by atoms with Gasteiger partial charge in [-0.05, 0) is 265 Å². The molecule has 12 fully saturated rings. The number of aliphatic hydroxyl groups is 5. The van der Waals surface area contributed by atoms with Crippen molar-refractivity contribution in [2.45, 2.75) is 220 Å². The normalized spacial score (nSPS) is 50.9. The van der Waals surface area contributed by atoms with Gasteiger partial charge in [-0.1, -0.05) is 104 Å². The van der Waals surface area contributed by atoms with Gasteiger partial charge in [0.2, 0.25) is 0 Å². The summed E-state index contributed by atoms with van der Waals surface area (Å²) in [5.74, 6) is 6.99. The number of rotatable bonds is 4. The molecule has 6 N–H and O–H groups in total. The summed E-state index contributed by atoms with van der Waals surface area (Å²) in [6.45, 7) is -0.121. The van der Waals surface area contributed by atoms with Crippen LogP contribution in [0.1, 0.15) is 181 Å². The number of ether oxygens (including phenoxy) is 2. The zero-order valence-electron chi connectivity index (χ0n) is 53.5. The highest BCUT2D eigenvalue weighted by Crippen LogP contribution is 2.86. The number of fused-ring (bicyclic) bond motifs is 11. The molecule has 0 radical (unpaired) electrons. The molecular weight excluding hydrogens is 1130 g/mol. The SMILES string of the molecule is CN[C@@H]1Cc2c(cccc2CO)C#CC2(CCCC2)C[C@]23CC[C@H]4[C@@](O)([C@H](O)[C@@H]5C[C@@H]6[C@@H]7CC=C[C@@H]6C[C@@H]6[C@H]8O[C@H](Cc9cccc(c9)C[C@H]9CC[C@@H]7C9)[C@@H]7CC[C@@]9%10CC[C@H](c%11ccccc%11)C[C@H]9C[C@@H]7[C@@]8%10C[C@@]4(C=O)[C@@]65O)[C@@]2(O)C[C@@H]2C[C@@H]1[C@@H]1OC(=O)C=C1[C@@H]23. The number of carbonyl (C=O) groups excluding carboxylic acids is 2. The first-order valence-electron chi connectivity index (χ1n) is 36.8.